The highest BCUT2D eigenvalue weighted by Gasteiger charge is 2.12. The number of halogens is 2. The number of nitrogens with one attached hydrogen (secondary N) is 1. The van der Waals surface area contributed by atoms with Gasteiger partial charge >= 0.3 is 6.61 Å². The number of rotatable bonds is 7. The van der Waals surface area contributed by atoms with Crippen molar-refractivity contribution in [1.29, 1.82) is 0 Å². The molecule has 0 saturated heterocycles. The average molecular weight is 349 g/mol. The number of nitrogens with zero attached hydrogens (tertiary/aromatic N) is 1. The molecule has 0 fully saturated rings. The third kappa shape index (κ3) is 4.90. The number of carboxylic acid groups (broad SMARTS) is 1. The summed E-state index contributed by atoms with van der Waals surface area (Å²) in [6.45, 7) is -1.23. The second-order valence-electron chi connectivity index (χ2n) is 4.92. The van der Waals surface area contributed by atoms with E-state index < -0.39 is 12.6 Å². The number of aromatic carboxylic acids is 1. The van der Waals surface area contributed by atoms with Gasteiger partial charge in [-0.25, -0.2) is 0 Å². The largest absolute Gasteiger partial charge is 0.545 e. The standard InChI is InChI=1S/C17H16F2N2O4/c1-10(20-21-13-6-3-11(4-7-13)16(22)23)12-5-8-14(25-17(18)19)15(9-12)24-2/h3-9,17,21H,1-2H3,(H,22,23)/p-1/b20-10-. The van der Waals surface area contributed by atoms with Crippen LogP contribution in [0.2, 0.25) is 0 Å². The van der Waals surface area contributed by atoms with Crippen LogP contribution in [0.3, 0.4) is 0 Å². The van der Waals surface area contributed by atoms with Crippen molar-refractivity contribution in [2.24, 2.45) is 5.10 Å². The molecule has 0 aromatic heterocycles. The Morgan fingerprint density at radius 2 is 1.76 bits per heavy atom. The monoisotopic (exact) mass is 349 g/mol. The third-order valence-corrected chi connectivity index (χ3v) is 3.27. The molecule has 0 saturated carbocycles. The Morgan fingerprint density at radius 3 is 2.32 bits per heavy atom. The summed E-state index contributed by atoms with van der Waals surface area (Å²) in [6.07, 6.45) is 0. The first-order chi connectivity index (χ1) is 11.9. The van der Waals surface area contributed by atoms with Crippen molar-refractivity contribution in [2.75, 3.05) is 12.5 Å². The van der Waals surface area contributed by atoms with Gasteiger partial charge < -0.3 is 19.4 Å². The van der Waals surface area contributed by atoms with Crippen LogP contribution >= 0.6 is 0 Å². The highest BCUT2D eigenvalue weighted by Crippen LogP contribution is 2.29. The zero-order valence-corrected chi connectivity index (χ0v) is 13.5. The Kier molecular flexibility index (Phi) is 5.89. The number of hydrogen-bond donors (Lipinski definition) is 1. The Balaban J connectivity index is 2.14. The molecular weight excluding hydrogens is 334 g/mol. The van der Waals surface area contributed by atoms with Crippen molar-refractivity contribution < 1.29 is 28.2 Å². The normalized spacial score (nSPS) is 11.3. The maximum absolute atomic E-state index is 12.3. The van der Waals surface area contributed by atoms with Crippen molar-refractivity contribution in [2.45, 2.75) is 13.5 Å². The fourth-order valence-electron chi connectivity index (χ4n) is 1.98. The van der Waals surface area contributed by atoms with Crippen LogP contribution in [0.1, 0.15) is 22.8 Å². The van der Waals surface area contributed by atoms with Gasteiger partial charge in [0.1, 0.15) is 0 Å². The number of hydrazone groups is 1. The number of alkyl halides is 2. The van der Waals surface area contributed by atoms with E-state index in [0.29, 0.717) is 17.0 Å². The van der Waals surface area contributed by atoms with E-state index >= 15 is 0 Å². The van der Waals surface area contributed by atoms with Crippen molar-refractivity contribution >= 4 is 17.4 Å². The number of methoxy groups -OCH3 is 1. The molecule has 1 N–H and O–H groups in total. The minimum Gasteiger partial charge on any atom is -0.545 e. The van der Waals surface area contributed by atoms with E-state index in [2.05, 4.69) is 15.3 Å². The number of ether oxygens (including phenoxy) is 2. The molecule has 0 aliphatic rings. The van der Waals surface area contributed by atoms with Crippen LogP contribution in [0.25, 0.3) is 0 Å². The van der Waals surface area contributed by atoms with Gasteiger partial charge in [-0.3, -0.25) is 5.43 Å². The maximum Gasteiger partial charge on any atom is 0.387 e. The van der Waals surface area contributed by atoms with Crippen molar-refractivity contribution in [3.8, 4) is 11.5 Å². The van der Waals surface area contributed by atoms with Crippen LogP contribution in [-0.4, -0.2) is 25.4 Å². The molecule has 25 heavy (non-hydrogen) atoms. The number of carboxylic acids is 1. The SMILES string of the molecule is COc1cc(/C(C)=N\Nc2ccc(C(=O)[O-])cc2)ccc1OC(F)F. The van der Waals surface area contributed by atoms with E-state index in [9.17, 15) is 18.7 Å². The van der Waals surface area contributed by atoms with E-state index in [1.807, 2.05) is 0 Å². The van der Waals surface area contributed by atoms with Gasteiger partial charge in [0.25, 0.3) is 0 Å². The topological polar surface area (TPSA) is 83.0 Å². The lowest BCUT2D eigenvalue weighted by Crippen LogP contribution is -2.21. The molecule has 0 aliphatic carbocycles. The lowest BCUT2D eigenvalue weighted by Gasteiger charge is -2.11. The maximum atomic E-state index is 12.3. The minimum atomic E-state index is -2.94. The van der Waals surface area contributed by atoms with E-state index in [-0.39, 0.29) is 17.1 Å². The zero-order valence-electron chi connectivity index (χ0n) is 13.5. The number of carbonyl (C=O) groups is 1. The fourth-order valence-corrected chi connectivity index (χ4v) is 1.98. The Hall–Kier alpha value is -3.16. The van der Waals surface area contributed by atoms with Crippen LogP contribution in [0.15, 0.2) is 47.6 Å². The molecule has 2 aromatic rings. The van der Waals surface area contributed by atoms with Crippen LogP contribution in [0.5, 0.6) is 11.5 Å². The van der Waals surface area contributed by atoms with Crippen LogP contribution in [-0.2, 0) is 0 Å². The summed E-state index contributed by atoms with van der Waals surface area (Å²) < 4.78 is 34.1. The summed E-state index contributed by atoms with van der Waals surface area (Å²) >= 11 is 0. The smallest absolute Gasteiger partial charge is 0.387 e. The lowest BCUT2D eigenvalue weighted by atomic mass is 10.1. The van der Waals surface area contributed by atoms with Crippen LogP contribution in [0.4, 0.5) is 14.5 Å². The minimum absolute atomic E-state index is 0.0607. The van der Waals surface area contributed by atoms with E-state index in [4.69, 9.17) is 4.74 Å². The molecule has 0 aliphatic heterocycles. The average Bonchev–Trinajstić information content (AvgIpc) is 2.59. The quantitative estimate of drug-likeness (QED) is 0.613. The number of hydrogen-bond acceptors (Lipinski definition) is 6. The van der Waals surface area contributed by atoms with Gasteiger partial charge in [0.05, 0.1) is 24.5 Å². The fraction of sp³-hybridized carbons (Fsp3) is 0.176. The highest BCUT2D eigenvalue weighted by atomic mass is 19.3. The molecule has 0 heterocycles. The highest BCUT2D eigenvalue weighted by molar-refractivity contribution is 5.99. The first kappa shape index (κ1) is 18.2. The van der Waals surface area contributed by atoms with Crippen molar-refractivity contribution in [3.63, 3.8) is 0 Å². The molecule has 6 nitrogen and oxygen atoms in total. The second kappa shape index (κ2) is 8.09. The molecular formula is C17H15F2N2O4-. The Bertz CT molecular complexity index is 777. The van der Waals surface area contributed by atoms with Crippen LogP contribution < -0.4 is 20.0 Å². The second-order valence-corrected chi connectivity index (χ2v) is 4.92. The molecule has 132 valence electrons. The van der Waals surface area contributed by atoms with E-state index in [1.54, 1.807) is 25.1 Å². The van der Waals surface area contributed by atoms with Gasteiger partial charge in [0.2, 0.25) is 0 Å². The van der Waals surface area contributed by atoms with Gasteiger partial charge in [-0.2, -0.15) is 13.9 Å². The number of benzene rings is 2. The molecule has 0 spiro atoms. The predicted molar refractivity (Wildman–Crippen MR) is 86.2 cm³/mol. The molecule has 0 atom stereocenters. The Labute approximate surface area is 142 Å². The van der Waals surface area contributed by atoms with Gasteiger partial charge in [-0.15, -0.1) is 0 Å². The summed E-state index contributed by atoms with van der Waals surface area (Å²) in [5.74, 6) is -1.17. The van der Waals surface area contributed by atoms with E-state index in [1.165, 1.54) is 31.4 Å². The summed E-state index contributed by atoms with van der Waals surface area (Å²) in [6, 6.07) is 10.3. The summed E-state index contributed by atoms with van der Waals surface area (Å²) in [5.41, 5.74) is 4.61. The molecule has 2 rings (SSSR count). The zero-order chi connectivity index (χ0) is 18.4. The molecule has 8 heteroatoms. The predicted octanol–water partition coefficient (Wildman–Crippen LogP) is 2.50. The summed E-state index contributed by atoms with van der Waals surface area (Å²) in [5, 5.41) is 14.9. The van der Waals surface area contributed by atoms with E-state index in [0.717, 1.165) is 0 Å². The number of carbonyl (C=O) groups excluding carboxylic acids is 1. The Morgan fingerprint density at radius 1 is 1.12 bits per heavy atom. The number of anilines is 1. The molecule has 0 unspecified atom stereocenters. The molecule has 0 amide bonds. The molecule has 0 radical (unpaired) electrons. The van der Waals surface area contributed by atoms with Gasteiger partial charge in [-0.1, -0.05) is 12.1 Å². The first-order valence-electron chi connectivity index (χ1n) is 7.15. The lowest BCUT2D eigenvalue weighted by molar-refractivity contribution is -0.255. The van der Waals surface area contributed by atoms with Gasteiger partial charge in [-0.05, 0) is 42.8 Å². The first-order valence-corrected chi connectivity index (χ1v) is 7.15. The third-order valence-electron chi connectivity index (χ3n) is 3.27. The summed E-state index contributed by atoms with van der Waals surface area (Å²) in [7, 11) is 1.35. The van der Waals surface area contributed by atoms with Crippen LogP contribution in [0, 0.1) is 0 Å². The summed E-state index contributed by atoms with van der Waals surface area (Å²) in [4.78, 5) is 10.7. The molecule has 0 bridgehead atoms. The van der Waals surface area contributed by atoms with Crippen molar-refractivity contribution in [3.05, 3.63) is 53.6 Å². The van der Waals surface area contributed by atoms with Gasteiger partial charge in [0.15, 0.2) is 11.5 Å². The molecule has 2 aromatic carbocycles. The van der Waals surface area contributed by atoms with Crippen molar-refractivity contribution in [1.82, 2.24) is 0 Å². The van der Waals surface area contributed by atoms with Gasteiger partial charge in [0, 0.05) is 5.56 Å².